The standard InChI is InChI=1S/C16H12ClN5O/c17-12-8-13(20-15-11(12)6-7-18-15)19-9-14-21-22-16(23-14)10-4-2-1-3-5-10/h1-8H,9H2,(H2,18,19,20). The van der Waals surface area contributed by atoms with E-state index >= 15 is 0 Å². The zero-order chi connectivity index (χ0) is 15.6. The number of hydrogen-bond acceptors (Lipinski definition) is 5. The van der Waals surface area contributed by atoms with Gasteiger partial charge in [-0.1, -0.05) is 29.8 Å². The molecular weight excluding hydrogens is 314 g/mol. The summed E-state index contributed by atoms with van der Waals surface area (Å²) in [7, 11) is 0. The van der Waals surface area contributed by atoms with Gasteiger partial charge in [0.2, 0.25) is 11.8 Å². The highest BCUT2D eigenvalue weighted by molar-refractivity contribution is 6.35. The number of aromatic amines is 1. The van der Waals surface area contributed by atoms with E-state index in [9.17, 15) is 0 Å². The van der Waals surface area contributed by atoms with E-state index in [-0.39, 0.29) is 0 Å². The minimum Gasteiger partial charge on any atom is -0.419 e. The van der Waals surface area contributed by atoms with Crippen molar-refractivity contribution in [3.8, 4) is 11.5 Å². The van der Waals surface area contributed by atoms with E-state index in [1.807, 2.05) is 36.4 Å². The summed E-state index contributed by atoms with van der Waals surface area (Å²) in [6.45, 7) is 0.370. The van der Waals surface area contributed by atoms with Crippen molar-refractivity contribution in [1.82, 2.24) is 20.2 Å². The molecule has 0 saturated heterocycles. The molecule has 0 aliphatic carbocycles. The topological polar surface area (TPSA) is 79.6 Å². The molecule has 0 unspecified atom stereocenters. The van der Waals surface area contributed by atoms with Crippen LogP contribution in [0, 0.1) is 0 Å². The van der Waals surface area contributed by atoms with Gasteiger partial charge in [-0.3, -0.25) is 0 Å². The van der Waals surface area contributed by atoms with E-state index < -0.39 is 0 Å². The van der Waals surface area contributed by atoms with Gasteiger partial charge in [-0.15, -0.1) is 10.2 Å². The summed E-state index contributed by atoms with van der Waals surface area (Å²) in [5, 5.41) is 12.7. The van der Waals surface area contributed by atoms with E-state index in [1.54, 1.807) is 12.3 Å². The number of hydrogen-bond donors (Lipinski definition) is 2. The highest BCUT2D eigenvalue weighted by atomic mass is 35.5. The number of benzene rings is 1. The molecule has 0 saturated carbocycles. The first-order chi connectivity index (χ1) is 11.3. The minimum atomic E-state index is 0.370. The van der Waals surface area contributed by atoms with Crippen LogP contribution in [-0.2, 0) is 6.54 Å². The number of pyridine rings is 1. The summed E-state index contributed by atoms with van der Waals surface area (Å²) < 4.78 is 5.64. The Hall–Kier alpha value is -2.86. The molecule has 4 rings (SSSR count). The van der Waals surface area contributed by atoms with Crippen LogP contribution in [0.1, 0.15) is 5.89 Å². The van der Waals surface area contributed by atoms with Crippen LogP contribution < -0.4 is 5.32 Å². The molecule has 3 heterocycles. The van der Waals surface area contributed by atoms with E-state index in [0.717, 1.165) is 16.6 Å². The van der Waals surface area contributed by atoms with Crippen LogP contribution in [0.5, 0.6) is 0 Å². The first-order valence-electron chi connectivity index (χ1n) is 7.05. The number of nitrogens with zero attached hydrogens (tertiary/aromatic N) is 3. The van der Waals surface area contributed by atoms with Crippen LogP contribution in [0.4, 0.5) is 5.82 Å². The van der Waals surface area contributed by atoms with E-state index in [1.165, 1.54) is 0 Å². The minimum absolute atomic E-state index is 0.370. The van der Waals surface area contributed by atoms with Gasteiger partial charge < -0.3 is 14.7 Å². The Bertz CT molecular complexity index is 947. The van der Waals surface area contributed by atoms with Crippen molar-refractivity contribution in [2.45, 2.75) is 6.54 Å². The van der Waals surface area contributed by atoms with Gasteiger partial charge in [-0.25, -0.2) is 4.98 Å². The molecule has 0 amide bonds. The van der Waals surface area contributed by atoms with Gasteiger partial charge in [-0.2, -0.15) is 0 Å². The first kappa shape index (κ1) is 13.8. The van der Waals surface area contributed by atoms with Crippen LogP contribution in [-0.4, -0.2) is 20.2 Å². The summed E-state index contributed by atoms with van der Waals surface area (Å²) in [5.41, 5.74) is 1.62. The molecule has 7 heteroatoms. The van der Waals surface area contributed by atoms with Gasteiger partial charge >= 0.3 is 0 Å². The van der Waals surface area contributed by atoms with Gasteiger partial charge in [0.05, 0.1) is 11.6 Å². The lowest BCUT2D eigenvalue weighted by atomic mass is 10.2. The maximum absolute atomic E-state index is 6.22. The molecule has 3 aromatic heterocycles. The van der Waals surface area contributed by atoms with Crippen molar-refractivity contribution in [2.24, 2.45) is 0 Å². The molecule has 0 bridgehead atoms. The maximum Gasteiger partial charge on any atom is 0.247 e. The number of fused-ring (bicyclic) bond motifs is 1. The fraction of sp³-hybridized carbons (Fsp3) is 0.0625. The molecule has 1 aromatic carbocycles. The van der Waals surface area contributed by atoms with Crippen molar-refractivity contribution >= 4 is 28.5 Å². The summed E-state index contributed by atoms with van der Waals surface area (Å²) in [4.78, 5) is 7.47. The zero-order valence-corrected chi connectivity index (χ0v) is 12.7. The third-order valence-corrected chi connectivity index (χ3v) is 3.70. The average molecular weight is 326 g/mol. The molecule has 4 aromatic rings. The fourth-order valence-electron chi connectivity index (χ4n) is 2.28. The van der Waals surface area contributed by atoms with E-state index in [2.05, 4.69) is 25.5 Å². The second-order valence-corrected chi connectivity index (χ2v) is 5.36. The Morgan fingerprint density at radius 1 is 1.13 bits per heavy atom. The third kappa shape index (κ3) is 2.76. The summed E-state index contributed by atoms with van der Waals surface area (Å²) >= 11 is 6.22. The summed E-state index contributed by atoms with van der Waals surface area (Å²) in [6, 6.07) is 13.3. The number of nitrogens with one attached hydrogen (secondary N) is 2. The van der Waals surface area contributed by atoms with Crippen molar-refractivity contribution in [2.75, 3.05) is 5.32 Å². The Balaban J connectivity index is 1.51. The Kier molecular flexibility index (Phi) is 3.44. The highest BCUT2D eigenvalue weighted by Crippen LogP contribution is 2.24. The van der Waals surface area contributed by atoms with Crippen molar-refractivity contribution < 1.29 is 4.42 Å². The molecule has 23 heavy (non-hydrogen) atoms. The molecule has 6 nitrogen and oxygen atoms in total. The van der Waals surface area contributed by atoms with Crippen molar-refractivity contribution in [1.29, 1.82) is 0 Å². The first-order valence-corrected chi connectivity index (χ1v) is 7.43. The van der Waals surface area contributed by atoms with Gasteiger partial charge in [-0.05, 0) is 24.3 Å². The molecule has 0 fully saturated rings. The Morgan fingerprint density at radius 3 is 2.87 bits per heavy atom. The molecule has 2 N–H and O–H groups in total. The third-order valence-electron chi connectivity index (χ3n) is 3.39. The van der Waals surface area contributed by atoms with E-state index in [0.29, 0.717) is 29.2 Å². The normalized spacial score (nSPS) is 11.0. The number of halogens is 1. The predicted molar refractivity (Wildman–Crippen MR) is 88.2 cm³/mol. The predicted octanol–water partition coefficient (Wildman–Crippen LogP) is 3.88. The number of anilines is 1. The molecule has 0 atom stereocenters. The van der Waals surface area contributed by atoms with Crippen LogP contribution in [0.15, 0.2) is 53.1 Å². The van der Waals surface area contributed by atoms with Gasteiger partial charge in [0.15, 0.2) is 0 Å². The lowest BCUT2D eigenvalue weighted by Crippen LogP contribution is -2.01. The zero-order valence-electron chi connectivity index (χ0n) is 12.0. The van der Waals surface area contributed by atoms with Gasteiger partial charge in [0.1, 0.15) is 11.5 Å². The number of rotatable bonds is 4. The van der Waals surface area contributed by atoms with Crippen LogP contribution in [0.25, 0.3) is 22.5 Å². The summed E-state index contributed by atoms with van der Waals surface area (Å²) in [5.74, 6) is 1.62. The molecule has 0 radical (unpaired) electrons. The van der Waals surface area contributed by atoms with Crippen molar-refractivity contribution in [3.05, 3.63) is 59.6 Å². The van der Waals surface area contributed by atoms with E-state index in [4.69, 9.17) is 16.0 Å². The monoisotopic (exact) mass is 325 g/mol. The maximum atomic E-state index is 6.22. The molecule has 0 aliphatic heterocycles. The van der Waals surface area contributed by atoms with Crippen LogP contribution >= 0.6 is 11.6 Å². The Labute approximate surface area is 136 Å². The average Bonchev–Trinajstić information content (AvgIpc) is 3.23. The van der Waals surface area contributed by atoms with Gasteiger partial charge in [0, 0.05) is 17.1 Å². The lowest BCUT2D eigenvalue weighted by Gasteiger charge is -2.03. The fourth-order valence-corrected chi connectivity index (χ4v) is 2.53. The molecule has 0 aliphatic rings. The molecule has 0 spiro atoms. The summed E-state index contributed by atoms with van der Waals surface area (Å²) in [6.07, 6.45) is 1.80. The van der Waals surface area contributed by atoms with Crippen LogP contribution in [0.3, 0.4) is 0 Å². The second-order valence-electron chi connectivity index (χ2n) is 4.95. The highest BCUT2D eigenvalue weighted by Gasteiger charge is 2.09. The smallest absolute Gasteiger partial charge is 0.247 e. The molecule has 114 valence electrons. The van der Waals surface area contributed by atoms with Crippen molar-refractivity contribution in [3.63, 3.8) is 0 Å². The molecular formula is C16H12ClN5O. The number of H-pyrrole nitrogens is 1. The van der Waals surface area contributed by atoms with Gasteiger partial charge in [0.25, 0.3) is 0 Å². The second kappa shape index (κ2) is 5.73. The SMILES string of the molecule is Clc1cc(NCc2nnc(-c3ccccc3)o2)nc2[nH]ccc12. The lowest BCUT2D eigenvalue weighted by molar-refractivity contribution is 0.514. The number of aromatic nitrogens is 4. The quantitative estimate of drug-likeness (QED) is 0.595. The Morgan fingerprint density at radius 2 is 2.00 bits per heavy atom. The van der Waals surface area contributed by atoms with Crippen LogP contribution in [0.2, 0.25) is 5.02 Å². The largest absolute Gasteiger partial charge is 0.419 e.